The first-order valence-electron chi connectivity index (χ1n) is 5.54. The Hall–Kier alpha value is -1.66. The van der Waals surface area contributed by atoms with Crippen molar-refractivity contribution in [2.24, 2.45) is 0 Å². The van der Waals surface area contributed by atoms with Crippen LogP contribution < -0.4 is 0 Å². The number of thiophene rings is 1. The number of nitrogens with zero attached hydrogens (tertiary/aromatic N) is 1. The molecule has 1 amide bonds. The van der Waals surface area contributed by atoms with E-state index in [2.05, 4.69) is 0 Å². The Bertz CT molecular complexity index is 494. The number of amides is 1. The van der Waals surface area contributed by atoms with Crippen LogP contribution in [0.4, 0.5) is 0 Å². The summed E-state index contributed by atoms with van der Waals surface area (Å²) in [6.07, 6.45) is 2.57. The number of carboxylic acid groups (broad SMARTS) is 1. The van der Waals surface area contributed by atoms with Gasteiger partial charge in [0.15, 0.2) is 0 Å². The second kappa shape index (κ2) is 5.32. The number of aliphatic carboxylic acids is 1. The average Bonchev–Trinajstić information content (AvgIpc) is 2.93. The number of carbonyl (C=O) groups is 2. The molecular weight excluding hydrogens is 254 g/mol. The molecule has 18 heavy (non-hydrogen) atoms. The maximum atomic E-state index is 12.2. The van der Waals surface area contributed by atoms with Crippen LogP contribution in [0.5, 0.6) is 0 Å². The second-order valence-corrected chi connectivity index (χ2v) is 4.99. The number of carbonyl (C=O) groups excluding carboxylic acids is 1. The van der Waals surface area contributed by atoms with Crippen molar-refractivity contribution in [1.29, 1.82) is 0 Å². The first kappa shape index (κ1) is 12.8. The molecule has 0 saturated carbocycles. The van der Waals surface area contributed by atoms with E-state index >= 15 is 0 Å². The summed E-state index contributed by atoms with van der Waals surface area (Å²) in [7, 11) is 0. The van der Waals surface area contributed by atoms with Crippen LogP contribution in [-0.2, 0) is 4.79 Å². The van der Waals surface area contributed by atoms with Gasteiger partial charge in [0, 0.05) is 19.2 Å². The molecule has 1 aliphatic rings. The van der Waals surface area contributed by atoms with Gasteiger partial charge in [0.05, 0.1) is 11.0 Å². The number of β-amino-alcohol motifs (C(OH)–C–C–N with tert-alkyl or cyclic N) is 1. The van der Waals surface area contributed by atoms with E-state index in [9.17, 15) is 14.7 Å². The molecule has 0 aliphatic carbocycles. The number of aliphatic hydroxyl groups is 1. The monoisotopic (exact) mass is 267 g/mol. The molecule has 1 saturated heterocycles. The Morgan fingerprint density at radius 1 is 1.50 bits per heavy atom. The van der Waals surface area contributed by atoms with Gasteiger partial charge >= 0.3 is 5.97 Å². The molecule has 0 aromatic carbocycles. The highest BCUT2D eigenvalue weighted by molar-refractivity contribution is 7.12. The van der Waals surface area contributed by atoms with Gasteiger partial charge in [-0.25, -0.2) is 4.79 Å². The molecule has 2 rings (SSSR count). The summed E-state index contributed by atoms with van der Waals surface area (Å²) in [5.41, 5.74) is 0.605. The quantitative estimate of drug-likeness (QED) is 0.802. The summed E-state index contributed by atoms with van der Waals surface area (Å²) in [5, 5.41) is 19.7. The topological polar surface area (TPSA) is 77.8 Å². The van der Waals surface area contributed by atoms with E-state index in [4.69, 9.17) is 5.11 Å². The SMILES string of the molecule is O=C(O)/C=C/c1ccsc1C(=O)N1CCC(O)C1. The zero-order valence-corrected chi connectivity index (χ0v) is 10.4. The number of likely N-dealkylation sites (tertiary alicyclic amines) is 1. The molecule has 1 aliphatic heterocycles. The van der Waals surface area contributed by atoms with Gasteiger partial charge in [-0.05, 0) is 29.5 Å². The number of carboxylic acids is 1. The summed E-state index contributed by atoms with van der Waals surface area (Å²) in [4.78, 5) is 24.7. The van der Waals surface area contributed by atoms with Gasteiger partial charge in [0.1, 0.15) is 0 Å². The van der Waals surface area contributed by atoms with Crippen LogP contribution >= 0.6 is 11.3 Å². The van der Waals surface area contributed by atoms with Crippen molar-refractivity contribution in [3.05, 3.63) is 28.0 Å². The molecule has 96 valence electrons. The highest BCUT2D eigenvalue weighted by Gasteiger charge is 2.27. The second-order valence-electron chi connectivity index (χ2n) is 4.07. The average molecular weight is 267 g/mol. The van der Waals surface area contributed by atoms with Crippen LogP contribution in [0.1, 0.15) is 21.7 Å². The lowest BCUT2D eigenvalue weighted by Gasteiger charge is -2.14. The van der Waals surface area contributed by atoms with Crippen LogP contribution in [0.15, 0.2) is 17.5 Å². The van der Waals surface area contributed by atoms with Gasteiger partial charge in [-0.3, -0.25) is 4.79 Å². The highest BCUT2D eigenvalue weighted by Crippen LogP contribution is 2.22. The lowest BCUT2D eigenvalue weighted by atomic mass is 10.2. The van der Waals surface area contributed by atoms with Crippen molar-refractivity contribution in [3.63, 3.8) is 0 Å². The molecule has 1 aromatic rings. The van der Waals surface area contributed by atoms with E-state index in [0.29, 0.717) is 30.0 Å². The molecule has 1 unspecified atom stereocenters. The Morgan fingerprint density at radius 2 is 2.28 bits per heavy atom. The third-order valence-electron chi connectivity index (χ3n) is 2.75. The summed E-state index contributed by atoms with van der Waals surface area (Å²) in [6.45, 7) is 0.888. The fourth-order valence-electron chi connectivity index (χ4n) is 1.86. The van der Waals surface area contributed by atoms with Gasteiger partial charge in [0.2, 0.25) is 0 Å². The number of rotatable bonds is 3. The smallest absolute Gasteiger partial charge is 0.328 e. The van der Waals surface area contributed by atoms with Gasteiger partial charge in [0.25, 0.3) is 5.91 Å². The van der Waals surface area contributed by atoms with E-state index in [1.165, 1.54) is 17.4 Å². The van der Waals surface area contributed by atoms with Crippen LogP contribution in [0.25, 0.3) is 6.08 Å². The van der Waals surface area contributed by atoms with E-state index in [-0.39, 0.29) is 5.91 Å². The van der Waals surface area contributed by atoms with Gasteiger partial charge in [-0.1, -0.05) is 0 Å². The predicted molar refractivity (Wildman–Crippen MR) is 67.5 cm³/mol. The zero-order valence-electron chi connectivity index (χ0n) is 9.57. The van der Waals surface area contributed by atoms with E-state index in [1.54, 1.807) is 16.3 Å². The molecule has 0 spiro atoms. The molecule has 1 aromatic heterocycles. The Kier molecular flexibility index (Phi) is 3.78. The number of hydrogen-bond acceptors (Lipinski definition) is 4. The van der Waals surface area contributed by atoms with Crippen LogP contribution in [0, 0.1) is 0 Å². The fraction of sp³-hybridized carbons (Fsp3) is 0.333. The first-order chi connectivity index (χ1) is 8.58. The normalized spacial score (nSPS) is 19.6. The third-order valence-corrected chi connectivity index (χ3v) is 3.66. The molecule has 2 heterocycles. The largest absolute Gasteiger partial charge is 0.478 e. The van der Waals surface area contributed by atoms with Crippen LogP contribution in [0.3, 0.4) is 0 Å². The summed E-state index contributed by atoms with van der Waals surface area (Å²) < 4.78 is 0. The van der Waals surface area contributed by atoms with Crippen molar-refractivity contribution >= 4 is 29.3 Å². The Labute approximate surface area is 108 Å². The van der Waals surface area contributed by atoms with E-state index in [0.717, 1.165) is 6.08 Å². The molecular formula is C12H13NO4S. The zero-order chi connectivity index (χ0) is 13.1. The minimum Gasteiger partial charge on any atom is -0.478 e. The molecule has 0 radical (unpaired) electrons. The van der Waals surface area contributed by atoms with Crippen molar-refractivity contribution in [3.8, 4) is 0 Å². The van der Waals surface area contributed by atoms with Crippen LogP contribution in [-0.4, -0.2) is 46.2 Å². The van der Waals surface area contributed by atoms with Crippen molar-refractivity contribution < 1.29 is 19.8 Å². The molecule has 2 N–H and O–H groups in total. The lowest BCUT2D eigenvalue weighted by molar-refractivity contribution is -0.131. The molecule has 0 bridgehead atoms. The minimum absolute atomic E-state index is 0.147. The first-order valence-corrected chi connectivity index (χ1v) is 6.41. The summed E-state index contributed by atoms with van der Waals surface area (Å²) >= 11 is 1.28. The highest BCUT2D eigenvalue weighted by atomic mass is 32.1. The molecule has 1 fully saturated rings. The third kappa shape index (κ3) is 2.77. The summed E-state index contributed by atoms with van der Waals surface area (Å²) in [5.74, 6) is -1.19. The Morgan fingerprint density at radius 3 is 2.89 bits per heavy atom. The summed E-state index contributed by atoms with van der Waals surface area (Å²) in [6, 6.07) is 1.71. The van der Waals surface area contributed by atoms with Crippen molar-refractivity contribution in [2.75, 3.05) is 13.1 Å². The van der Waals surface area contributed by atoms with Crippen LogP contribution in [0.2, 0.25) is 0 Å². The lowest BCUT2D eigenvalue weighted by Crippen LogP contribution is -2.29. The fourth-order valence-corrected chi connectivity index (χ4v) is 2.71. The van der Waals surface area contributed by atoms with E-state index < -0.39 is 12.1 Å². The minimum atomic E-state index is -1.05. The van der Waals surface area contributed by atoms with Crippen molar-refractivity contribution in [1.82, 2.24) is 4.90 Å². The number of hydrogen-bond donors (Lipinski definition) is 2. The van der Waals surface area contributed by atoms with Gasteiger partial charge < -0.3 is 15.1 Å². The predicted octanol–water partition coefficient (Wildman–Crippen LogP) is 1.05. The van der Waals surface area contributed by atoms with E-state index in [1.807, 2.05) is 0 Å². The molecule has 1 atom stereocenters. The molecule has 6 heteroatoms. The van der Waals surface area contributed by atoms with Gasteiger partial charge in [-0.15, -0.1) is 11.3 Å². The van der Waals surface area contributed by atoms with Gasteiger partial charge in [-0.2, -0.15) is 0 Å². The maximum absolute atomic E-state index is 12.2. The van der Waals surface area contributed by atoms with Crippen molar-refractivity contribution in [2.45, 2.75) is 12.5 Å². The Balaban J connectivity index is 2.16. The number of aliphatic hydroxyl groups excluding tert-OH is 1. The standard InChI is InChI=1S/C12H13NO4S/c14-9-3-5-13(7-9)12(17)11-8(4-6-18-11)1-2-10(15)16/h1-2,4,6,9,14H,3,5,7H2,(H,15,16)/b2-1+. The molecule has 5 nitrogen and oxygen atoms in total. The maximum Gasteiger partial charge on any atom is 0.328 e.